The zero-order valence-electron chi connectivity index (χ0n) is 16.7. The monoisotopic (exact) mass is 411 g/mol. The fourth-order valence-electron chi connectivity index (χ4n) is 3.96. The van der Waals surface area contributed by atoms with E-state index < -0.39 is 0 Å². The van der Waals surface area contributed by atoms with E-state index in [0.29, 0.717) is 13.1 Å². The van der Waals surface area contributed by atoms with E-state index in [9.17, 15) is 4.79 Å². The largest absolute Gasteiger partial charge is 0.457 e. The second-order valence-corrected chi connectivity index (χ2v) is 8.34. The number of carbonyl (C=O) groups is 1. The molecule has 0 unspecified atom stereocenters. The van der Waals surface area contributed by atoms with Gasteiger partial charge in [0.15, 0.2) is 0 Å². The van der Waals surface area contributed by atoms with Gasteiger partial charge in [-0.3, -0.25) is 4.79 Å². The van der Waals surface area contributed by atoms with E-state index in [1.807, 2.05) is 66.4 Å². The summed E-state index contributed by atoms with van der Waals surface area (Å²) in [6.45, 7) is 3.27. The van der Waals surface area contributed by atoms with Crippen LogP contribution < -0.4 is 4.74 Å². The van der Waals surface area contributed by atoms with Crippen molar-refractivity contribution in [3.63, 3.8) is 0 Å². The number of thiophene rings is 1. The van der Waals surface area contributed by atoms with Crippen molar-refractivity contribution in [1.82, 2.24) is 4.90 Å². The standard InChI is InChI=1S/C26H21NO2S/c1-18-13-21(20-11-12-30-17-20)14-22-16-27(26(28)25(18)22)15-19-7-9-24(10-8-19)29-23-5-3-2-4-6-23/h2-14,17H,15-16H2,1H3. The molecule has 0 spiro atoms. The molecule has 3 nitrogen and oxygen atoms in total. The summed E-state index contributed by atoms with van der Waals surface area (Å²) in [5.41, 5.74) is 6.51. The van der Waals surface area contributed by atoms with E-state index in [2.05, 4.69) is 29.0 Å². The molecule has 0 atom stereocenters. The van der Waals surface area contributed by atoms with Crippen molar-refractivity contribution in [1.29, 1.82) is 0 Å². The summed E-state index contributed by atoms with van der Waals surface area (Å²) in [6.07, 6.45) is 0. The molecule has 0 aliphatic carbocycles. The second-order valence-electron chi connectivity index (χ2n) is 7.56. The molecule has 0 saturated heterocycles. The molecule has 1 aliphatic heterocycles. The van der Waals surface area contributed by atoms with Crippen molar-refractivity contribution in [2.24, 2.45) is 0 Å². The molecule has 1 amide bonds. The molecule has 2 heterocycles. The third-order valence-electron chi connectivity index (χ3n) is 5.41. The molecule has 0 N–H and O–H groups in total. The maximum absolute atomic E-state index is 13.0. The molecule has 5 rings (SSSR count). The van der Waals surface area contributed by atoms with E-state index in [1.165, 1.54) is 11.1 Å². The molecule has 30 heavy (non-hydrogen) atoms. The lowest BCUT2D eigenvalue weighted by molar-refractivity contribution is 0.0766. The summed E-state index contributed by atoms with van der Waals surface area (Å²) in [5, 5.41) is 4.23. The van der Waals surface area contributed by atoms with Gasteiger partial charge < -0.3 is 9.64 Å². The average Bonchev–Trinajstić information content (AvgIpc) is 3.39. The van der Waals surface area contributed by atoms with Gasteiger partial charge in [0.2, 0.25) is 0 Å². The number of amides is 1. The summed E-state index contributed by atoms with van der Waals surface area (Å²) in [4.78, 5) is 14.9. The fourth-order valence-corrected chi connectivity index (χ4v) is 4.62. The van der Waals surface area contributed by atoms with Crippen LogP contribution in [0.4, 0.5) is 0 Å². The van der Waals surface area contributed by atoms with Gasteiger partial charge in [0.05, 0.1) is 0 Å². The van der Waals surface area contributed by atoms with E-state index in [1.54, 1.807) is 11.3 Å². The van der Waals surface area contributed by atoms with Crippen molar-refractivity contribution in [3.05, 3.63) is 106 Å². The highest BCUT2D eigenvalue weighted by molar-refractivity contribution is 7.08. The Hall–Kier alpha value is -3.37. The first kappa shape index (κ1) is 18.6. The highest BCUT2D eigenvalue weighted by Gasteiger charge is 2.29. The van der Waals surface area contributed by atoms with Crippen molar-refractivity contribution >= 4 is 17.2 Å². The minimum atomic E-state index is 0.115. The van der Waals surface area contributed by atoms with Crippen LogP contribution in [-0.4, -0.2) is 10.8 Å². The lowest BCUT2D eigenvalue weighted by Gasteiger charge is -2.16. The lowest BCUT2D eigenvalue weighted by atomic mass is 9.98. The predicted octanol–water partition coefficient (Wildman–Crippen LogP) is 6.67. The number of ether oxygens (including phenoxy) is 1. The van der Waals surface area contributed by atoms with Crippen LogP contribution in [0.3, 0.4) is 0 Å². The van der Waals surface area contributed by atoms with Gasteiger partial charge in [0.1, 0.15) is 11.5 Å². The van der Waals surface area contributed by atoms with Crippen molar-refractivity contribution in [2.45, 2.75) is 20.0 Å². The number of hydrogen-bond acceptors (Lipinski definition) is 3. The molecule has 0 fully saturated rings. The molecule has 3 aromatic carbocycles. The van der Waals surface area contributed by atoms with E-state index in [4.69, 9.17) is 4.74 Å². The van der Waals surface area contributed by atoms with Crippen LogP contribution >= 0.6 is 11.3 Å². The molecule has 4 heteroatoms. The Kier molecular flexibility index (Phi) is 4.85. The maximum Gasteiger partial charge on any atom is 0.255 e. The molecule has 0 bridgehead atoms. The number of benzene rings is 3. The van der Waals surface area contributed by atoms with Crippen LogP contribution in [0.15, 0.2) is 83.6 Å². The first-order valence-corrected chi connectivity index (χ1v) is 10.9. The minimum absolute atomic E-state index is 0.115. The predicted molar refractivity (Wildman–Crippen MR) is 121 cm³/mol. The Morgan fingerprint density at radius 1 is 0.933 bits per heavy atom. The molecule has 0 saturated carbocycles. The molecule has 148 valence electrons. The smallest absolute Gasteiger partial charge is 0.255 e. The first-order chi connectivity index (χ1) is 14.7. The summed E-state index contributed by atoms with van der Waals surface area (Å²) in [6, 6.07) is 24.1. The summed E-state index contributed by atoms with van der Waals surface area (Å²) >= 11 is 1.69. The van der Waals surface area contributed by atoms with Gasteiger partial charge >= 0.3 is 0 Å². The number of carbonyl (C=O) groups excluding carboxylic acids is 1. The molecule has 1 aromatic heterocycles. The van der Waals surface area contributed by atoms with Crippen LogP contribution in [0.2, 0.25) is 0 Å². The minimum Gasteiger partial charge on any atom is -0.457 e. The lowest BCUT2D eigenvalue weighted by Crippen LogP contribution is -2.23. The third-order valence-corrected chi connectivity index (χ3v) is 6.09. The quantitative estimate of drug-likeness (QED) is 0.367. The van der Waals surface area contributed by atoms with Crippen LogP contribution in [0.25, 0.3) is 11.1 Å². The van der Waals surface area contributed by atoms with Gasteiger partial charge in [-0.2, -0.15) is 11.3 Å². The first-order valence-electron chi connectivity index (χ1n) is 9.94. The number of hydrogen-bond donors (Lipinski definition) is 0. The Balaban J connectivity index is 1.32. The Bertz CT molecular complexity index is 1180. The highest BCUT2D eigenvalue weighted by atomic mass is 32.1. The highest BCUT2D eigenvalue weighted by Crippen LogP contribution is 2.33. The number of nitrogens with zero attached hydrogens (tertiary/aromatic N) is 1. The number of para-hydroxylation sites is 1. The van der Waals surface area contributed by atoms with Crippen molar-refractivity contribution < 1.29 is 9.53 Å². The zero-order chi connectivity index (χ0) is 20.5. The van der Waals surface area contributed by atoms with Gasteiger partial charge in [-0.15, -0.1) is 0 Å². The van der Waals surface area contributed by atoms with Gasteiger partial charge in [-0.05, 0) is 81.9 Å². The van der Waals surface area contributed by atoms with Crippen LogP contribution in [0, 0.1) is 6.92 Å². The van der Waals surface area contributed by atoms with Gasteiger partial charge in [0, 0.05) is 18.7 Å². The van der Waals surface area contributed by atoms with E-state index >= 15 is 0 Å². The molecular formula is C26H21NO2S. The molecule has 0 radical (unpaired) electrons. The van der Waals surface area contributed by atoms with Crippen LogP contribution in [0.5, 0.6) is 11.5 Å². The van der Waals surface area contributed by atoms with Crippen LogP contribution in [-0.2, 0) is 13.1 Å². The van der Waals surface area contributed by atoms with E-state index in [-0.39, 0.29) is 5.91 Å². The number of aryl methyl sites for hydroxylation is 1. The van der Waals surface area contributed by atoms with Gasteiger partial charge in [0.25, 0.3) is 5.91 Å². The Morgan fingerprint density at radius 2 is 1.70 bits per heavy atom. The Labute approximate surface area is 180 Å². The van der Waals surface area contributed by atoms with Crippen molar-refractivity contribution in [3.8, 4) is 22.6 Å². The number of rotatable bonds is 5. The number of fused-ring (bicyclic) bond motifs is 1. The SMILES string of the molecule is Cc1cc(-c2ccsc2)cc2c1C(=O)N(Cc1ccc(Oc3ccccc3)cc1)C2. The van der Waals surface area contributed by atoms with E-state index in [0.717, 1.165) is 33.8 Å². The molecule has 4 aromatic rings. The maximum atomic E-state index is 13.0. The Morgan fingerprint density at radius 3 is 2.43 bits per heavy atom. The molecule has 1 aliphatic rings. The van der Waals surface area contributed by atoms with Gasteiger partial charge in [-0.25, -0.2) is 0 Å². The fraction of sp³-hybridized carbons (Fsp3) is 0.115. The topological polar surface area (TPSA) is 29.5 Å². The summed E-state index contributed by atoms with van der Waals surface area (Å²) in [5.74, 6) is 1.72. The van der Waals surface area contributed by atoms with Crippen molar-refractivity contribution in [2.75, 3.05) is 0 Å². The zero-order valence-corrected chi connectivity index (χ0v) is 17.5. The normalized spacial score (nSPS) is 12.8. The molecular weight excluding hydrogens is 390 g/mol. The summed E-state index contributed by atoms with van der Waals surface area (Å²) < 4.78 is 5.86. The summed E-state index contributed by atoms with van der Waals surface area (Å²) in [7, 11) is 0. The van der Waals surface area contributed by atoms with Crippen LogP contribution in [0.1, 0.15) is 27.0 Å². The second kappa shape index (κ2) is 7.81. The van der Waals surface area contributed by atoms with Gasteiger partial charge in [-0.1, -0.05) is 36.4 Å². The third kappa shape index (κ3) is 3.62. The average molecular weight is 412 g/mol.